The molecule has 1 aliphatic rings. The number of esters is 1. The minimum absolute atomic E-state index is 0.0307. The Morgan fingerprint density at radius 1 is 1.36 bits per heavy atom. The quantitative estimate of drug-likeness (QED) is 0.675. The first-order chi connectivity index (χ1) is 13.3. The second-order valence-electron chi connectivity index (χ2n) is 8.32. The smallest absolute Gasteiger partial charge is 0.316 e. The molecule has 3 atom stereocenters. The fourth-order valence-corrected chi connectivity index (χ4v) is 5.77. The Labute approximate surface area is 174 Å². The van der Waals surface area contributed by atoms with Gasteiger partial charge in [-0.25, -0.2) is 4.98 Å². The Bertz CT molecular complexity index is 903. The largest absolute Gasteiger partial charge is 0.461 e. The molecular formula is C21H30N2O3S2. The number of rotatable bonds is 6. The van der Waals surface area contributed by atoms with E-state index in [0.29, 0.717) is 34.7 Å². The van der Waals surface area contributed by atoms with E-state index in [1.165, 1.54) is 18.2 Å². The van der Waals surface area contributed by atoms with Crippen LogP contribution in [0.1, 0.15) is 56.3 Å². The summed E-state index contributed by atoms with van der Waals surface area (Å²) in [5.41, 5.74) is 0.902. The number of aromatic nitrogens is 2. The van der Waals surface area contributed by atoms with E-state index in [1.807, 2.05) is 13.8 Å². The number of aryl methyl sites for hydroxylation is 2. The van der Waals surface area contributed by atoms with E-state index in [9.17, 15) is 9.59 Å². The molecule has 0 saturated heterocycles. The lowest BCUT2D eigenvalue weighted by Crippen LogP contribution is -2.36. The first kappa shape index (κ1) is 21.4. The molecule has 1 saturated carbocycles. The summed E-state index contributed by atoms with van der Waals surface area (Å²) in [6, 6.07) is 0. The van der Waals surface area contributed by atoms with Crippen LogP contribution in [0, 0.1) is 31.6 Å². The van der Waals surface area contributed by atoms with Crippen molar-refractivity contribution in [1.82, 2.24) is 9.97 Å². The molecule has 2 heterocycles. The zero-order valence-electron chi connectivity index (χ0n) is 17.3. The molecule has 1 aliphatic carbocycles. The highest BCUT2D eigenvalue weighted by atomic mass is 32.2. The van der Waals surface area contributed by atoms with E-state index in [4.69, 9.17) is 4.74 Å². The molecule has 0 amide bonds. The Balaban J connectivity index is 1.56. The Morgan fingerprint density at radius 2 is 2.11 bits per heavy atom. The maximum Gasteiger partial charge on any atom is 0.316 e. The van der Waals surface area contributed by atoms with E-state index in [1.54, 1.807) is 11.3 Å². The summed E-state index contributed by atoms with van der Waals surface area (Å²) in [5.74, 6) is 2.81. The highest BCUT2D eigenvalue weighted by molar-refractivity contribution is 7.99. The SMILES string of the molecule is Cc1sc2nc(CSCC(=O)O[C@@H]3C[C@@H](C)CC[C@@H]3C(C)C)[nH]c(=O)c2c1C. The first-order valence-electron chi connectivity index (χ1n) is 10.0. The predicted molar refractivity (Wildman–Crippen MR) is 117 cm³/mol. The van der Waals surface area contributed by atoms with Crippen molar-refractivity contribution in [3.8, 4) is 0 Å². The summed E-state index contributed by atoms with van der Waals surface area (Å²) >= 11 is 2.98. The lowest BCUT2D eigenvalue weighted by Gasteiger charge is -2.36. The van der Waals surface area contributed by atoms with Gasteiger partial charge in [-0.05, 0) is 50.0 Å². The lowest BCUT2D eigenvalue weighted by molar-refractivity contribution is -0.152. The van der Waals surface area contributed by atoms with Crippen LogP contribution in [0.2, 0.25) is 0 Å². The first-order valence-corrected chi connectivity index (χ1v) is 12.0. The number of carbonyl (C=O) groups excluding carboxylic acids is 1. The Kier molecular flexibility index (Phi) is 6.86. The zero-order chi connectivity index (χ0) is 20.4. The molecule has 0 unspecified atom stereocenters. The molecule has 0 spiro atoms. The minimum Gasteiger partial charge on any atom is -0.461 e. The van der Waals surface area contributed by atoms with Gasteiger partial charge in [0.05, 0.1) is 16.9 Å². The van der Waals surface area contributed by atoms with Crippen LogP contribution in [0.5, 0.6) is 0 Å². The number of aromatic amines is 1. The number of hydrogen-bond donors (Lipinski definition) is 1. The maximum absolute atomic E-state index is 12.4. The van der Waals surface area contributed by atoms with Crippen LogP contribution in [0.4, 0.5) is 0 Å². The molecule has 2 aromatic rings. The van der Waals surface area contributed by atoms with E-state index < -0.39 is 0 Å². The summed E-state index contributed by atoms with van der Waals surface area (Å²) in [6.45, 7) is 10.6. The van der Waals surface area contributed by atoms with Gasteiger partial charge in [0.25, 0.3) is 5.56 Å². The molecule has 5 nitrogen and oxygen atoms in total. The van der Waals surface area contributed by atoms with Crippen LogP contribution in [-0.2, 0) is 15.3 Å². The summed E-state index contributed by atoms with van der Waals surface area (Å²) in [4.78, 5) is 34.0. The molecule has 0 aliphatic heterocycles. The van der Waals surface area contributed by atoms with Gasteiger partial charge in [-0.2, -0.15) is 0 Å². The van der Waals surface area contributed by atoms with Crippen molar-refractivity contribution in [2.24, 2.45) is 17.8 Å². The van der Waals surface area contributed by atoms with Gasteiger partial charge in [-0.15, -0.1) is 23.1 Å². The monoisotopic (exact) mass is 422 g/mol. The Hall–Kier alpha value is -1.34. The van der Waals surface area contributed by atoms with E-state index in [2.05, 4.69) is 30.7 Å². The van der Waals surface area contributed by atoms with Gasteiger partial charge in [0.2, 0.25) is 0 Å². The third-order valence-corrected chi connectivity index (χ3v) is 7.81. The average Bonchev–Trinajstić information content (AvgIpc) is 2.89. The van der Waals surface area contributed by atoms with Crippen LogP contribution in [0.3, 0.4) is 0 Å². The number of thiophene rings is 1. The van der Waals surface area contributed by atoms with E-state index in [0.717, 1.165) is 28.1 Å². The van der Waals surface area contributed by atoms with Crippen molar-refractivity contribution < 1.29 is 9.53 Å². The van der Waals surface area contributed by atoms with Gasteiger partial charge < -0.3 is 9.72 Å². The molecule has 0 radical (unpaired) electrons. The van der Waals surface area contributed by atoms with Gasteiger partial charge in [-0.3, -0.25) is 9.59 Å². The van der Waals surface area contributed by atoms with Crippen LogP contribution in [0.15, 0.2) is 4.79 Å². The van der Waals surface area contributed by atoms with Crippen LogP contribution >= 0.6 is 23.1 Å². The average molecular weight is 423 g/mol. The van der Waals surface area contributed by atoms with E-state index in [-0.39, 0.29) is 23.4 Å². The molecule has 0 aromatic carbocycles. The van der Waals surface area contributed by atoms with Gasteiger partial charge >= 0.3 is 5.97 Å². The van der Waals surface area contributed by atoms with Crippen molar-refractivity contribution in [2.75, 3.05) is 5.75 Å². The lowest BCUT2D eigenvalue weighted by atomic mass is 9.75. The molecule has 0 bridgehead atoms. The second kappa shape index (κ2) is 8.99. The fraction of sp³-hybridized carbons (Fsp3) is 0.667. The van der Waals surface area contributed by atoms with Crippen molar-refractivity contribution >= 4 is 39.3 Å². The molecule has 1 fully saturated rings. The number of thioether (sulfide) groups is 1. The molecular weight excluding hydrogens is 392 g/mol. The normalized spacial score (nSPS) is 22.7. The van der Waals surface area contributed by atoms with Crippen molar-refractivity contribution in [3.63, 3.8) is 0 Å². The van der Waals surface area contributed by atoms with Crippen molar-refractivity contribution in [3.05, 3.63) is 26.6 Å². The van der Waals surface area contributed by atoms with Gasteiger partial charge in [0.15, 0.2) is 0 Å². The number of nitrogens with zero attached hydrogens (tertiary/aromatic N) is 1. The van der Waals surface area contributed by atoms with Crippen molar-refractivity contribution in [2.45, 2.75) is 65.7 Å². The summed E-state index contributed by atoms with van der Waals surface area (Å²) in [5, 5.41) is 0.682. The zero-order valence-corrected chi connectivity index (χ0v) is 19.0. The topological polar surface area (TPSA) is 72.0 Å². The number of fused-ring (bicyclic) bond motifs is 1. The minimum atomic E-state index is -0.166. The van der Waals surface area contributed by atoms with Crippen LogP contribution in [0.25, 0.3) is 10.2 Å². The van der Waals surface area contributed by atoms with Gasteiger partial charge in [0.1, 0.15) is 16.8 Å². The molecule has 154 valence electrons. The number of ether oxygens (including phenoxy) is 1. The van der Waals surface area contributed by atoms with Gasteiger partial charge in [-0.1, -0.05) is 27.2 Å². The molecule has 1 N–H and O–H groups in total. The highest BCUT2D eigenvalue weighted by Gasteiger charge is 2.33. The Morgan fingerprint density at radius 3 is 2.82 bits per heavy atom. The van der Waals surface area contributed by atoms with Crippen LogP contribution < -0.4 is 5.56 Å². The summed E-state index contributed by atoms with van der Waals surface area (Å²) < 4.78 is 5.84. The standard InChI is InChI=1S/C21H30N2O3S2/c1-11(2)15-7-6-12(3)8-16(15)26-18(24)10-27-9-17-22-20(25)19-13(4)14(5)28-21(19)23-17/h11-12,15-16H,6-10H2,1-5H3,(H,22,23,25)/t12-,15+,16+/m0/s1. The maximum atomic E-state index is 12.4. The highest BCUT2D eigenvalue weighted by Crippen LogP contribution is 2.35. The molecule has 3 rings (SSSR count). The number of hydrogen-bond acceptors (Lipinski definition) is 6. The third-order valence-electron chi connectivity index (χ3n) is 5.79. The van der Waals surface area contributed by atoms with E-state index >= 15 is 0 Å². The number of H-pyrrole nitrogens is 1. The predicted octanol–water partition coefficient (Wildman–Crippen LogP) is 4.84. The fourth-order valence-electron chi connectivity index (χ4n) is 4.05. The molecule has 7 heteroatoms. The summed E-state index contributed by atoms with van der Waals surface area (Å²) in [6.07, 6.45) is 3.34. The van der Waals surface area contributed by atoms with Crippen molar-refractivity contribution in [1.29, 1.82) is 0 Å². The number of carbonyl (C=O) groups is 1. The molecule has 28 heavy (non-hydrogen) atoms. The molecule has 2 aromatic heterocycles. The third kappa shape index (κ3) is 4.79. The summed E-state index contributed by atoms with van der Waals surface area (Å²) in [7, 11) is 0. The van der Waals surface area contributed by atoms with Gasteiger partial charge in [0, 0.05) is 4.88 Å². The second-order valence-corrected chi connectivity index (χ2v) is 10.5. The number of nitrogens with one attached hydrogen (secondary N) is 1. The van der Waals surface area contributed by atoms with Crippen LogP contribution in [-0.4, -0.2) is 27.8 Å².